The molecule has 2 rings (SSSR count). The summed E-state index contributed by atoms with van der Waals surface area (Å²) in [5, 5.41) is 6.87. The average Bonchev–Trinajstić information content (AvgIpc) is 2.91. The van der Waals surface area contributed by atoms with Gasteiger partial charge >= 0.3 is 6.03 Å². The molecule has 2 amide bonds. The van der Waals surface area contributed by atoms with Gasteiger partial charge in [0.1, 0.15) is 5.00 Å². The number of carbonyl (C=O) groups is 1. The molecule has 0 radical (unpaired) electrons. The summed E-state index contributed by atoms with van der Waals surface area (Å²) in [6.07, 6.45) is 1.47. The summed E-state index contributed by atoms with van der Waals surface area (Å²) >= 11 is 1.10. The molecule has 0 aromatic carbocycles. The van der Waals surface area contributed by atoms with E-state index in [4.69, 9.17) is 0 Å². The van der Waals surface area contributed by atoms with Crippen molar-refractivity contribution in [3.05, 3.63) is 6.20 Å². The van der Waals surface area contributed by atoms with Crippen molar-refractivity contribution in [1.82, 2.24) is 18.8 Å². The van der Waals surface area contributed by atoms with Gasteiger partial charge in [-0.15, -0.1) is 5.10 Å². The Bertz CT molecular complexity index is 522. The summed E-state index contributed by atoms with van der Waals surface area (Å²) in [6.45, 7) is 3.06. The van der Waals surface area contributed by atoms with E-state index in [0.717, 1.165) is 11.5 Å². The summed E-state index contributed by atoms with van der Waals surface area (Å²) in [4.78, 5) is 13.5. The highest BCUT2D eigenvalue weighted by molar-refractivity contribution is 7.89. The van der Waals surface area contributed by atoms with Crippen LogP contribution in [0, 0.1) is 0 Å². The van der Waals surface area contributed by atoms with Crippen LogP contribution in [-0.4, -0.2) is 65.2 Å². The van der Waals surface area contributed by atoms with Crippen molar-refractivity contribution in [3.63, 3.8) is 0 Å². The molecule has 1 aromatic rings. The molecule has 1 aliphatic rings. The van der Waals surface area contributed by atoms with E-state index in [9.17, 15) is 13.2 Å². The maximum absolute atomic E-state index is 11.9. The number of nitrogens with one attached hydrogen (secondary N) is 1. The second-order valence-electron chi connectivity index (χ2n) is 4.00. The highest BCUT2D eigenvalue weighted by Gasteiger charge is 2.27. The molecule has 1 fully saturated rings. The standard InChI is InChI=1S/C9H15N5O3S2/c1-2-19(16,17)14-5-3-13(4-6-14)9(15)11-8-7-10-12-18-8/h7H,2-6H2,1H3,(H,11,15). The van der Waals surface area contributed by atoms with Crippen molar-refractivity contribution < 1.29 is 13.2 Å². The number of piperazine rings is 1. The molecule has 0 saturated carbocycles. The fourth-order valence-electron chi connectivity index (χ4n) is 1.76. The van der Waals surface area contributed by atoms with Gasteiger partial charge in [0.15, 0.2) is 0 Å². The fourth-order valence-corrected chi connectivity index (χ4v) is 3.25. The van der Waals surface area contributed by atoms with E-state index >= 15 is 0 Å². The minimum atomic E-state index is -3.16. The Hall–Kier alpha value is -1.26. The van der Waals surface area contributed by atoms with Crippen molar-refractivity contribution in [3.8, 4) is 0 Å². The number of anilines is 1. The largest absolute Gasteiger partial charge is 0.322 e. The Morgan fingerprint density at radius 2 is 2.11 bits per heavy atom. The molecule has 10 heteroatoms. The monoisotopic (exact) mass is 305 g/mol. The Balaban J connectivity index is 1.88. The first-order chi connectivity index (χ1) is 9.03. The van der Waals surface area contributed by atoms with E-state index in [2.05, 4.69) is 14.9 Å². The Kier molecular flexibility index (Phi) is 4.32. The van der Waals surface area contributed by atoms with E-state index < -0.39 is 10.0 Å². The van der Waals surface area contributed by atoms with Crippen molar-refractivity contribution in [2.45, 2.75) is 6.92 Å². The Morgan fingerprint density at radius 1 is 1.42 bits per heavy atom. The van der Waals surface area contributed by atoms with Crippen molar-refractivity contribution >= 4 is 32.6 Å². The van der Waals surface area contributed by atoms with Gasteiger partial charge in [-0.2, -0.15) is 4.31 Å². The lowest BCUT2D eigenvalue weighted by Crippen LogP contribution is -2.51. The number of rotatable bonds is 3. The van der Waals surface area contributed by atoms with Gasteiger partial charge in [0.25, 0.3) is 0 Å². The summed E-state index contributed by atoms with van der Waals surface area (Å²) in [5.41, 5.74) is 0. The molecule has 0 spiro atoms. The quantitative estimate of drug-likeness (QED) is 0.850. The lowest BCUT2D eigenvalue weighted by molar-refractivity contribution is 0.184. The summed E-state index contributed by atoms with van der Waals surface area (Å²) < 4.78 is 28.4. The van der Waals surface area contributed by atoms with Crippen LogP contribution in [0.5, 0.6) is 0 Å². The number of urea groups is 1. The zero-order chi connectivity index (χ0) is 13.9. The summed E-state index contributed by atoms with van der Waals surface area (Å²) in [5.74, 6) is 0.0890. The first-order valence-corrected chi connectivity index (χ1v) is 8.22. The van der Waals surface area contributed by atoms with Gasteiger partial charge in [-0.1, -0.05) is 4.49 Å². The lowest BCUT2D eigenvalue weighted by Gasteiger charge is -2.33. The molecule has 0 unspecified atom stereocenters. The van der Waals surface area contributed by atoms with E-state index in [1.54, 1.807) is 11.8 Å². The van der Waals surface area contributed by atoms with Crippen LogP contribution in [0.25, 0.3) is 0 Å². The molecule has 1 aromatic heterocycles. The van der Waals surface area contributed by atoms with Gasteiger partial charge in [0.2, 0.25) is 10.0 Å². The van der Waals surface area contributed by atoms with E-state index in [1.807, 2.05) is 0 Å². The lowest BCUT2D eigenvalue weighted by atomic mass is 10.4. The molecule has 1 N–H and O–H groups in total. The maximum atomic E-state index is 11.9. The predicted octanol–water partition coefficient (Wildman–Crippen LogP) is 0.0373. The van der Waals surface area contributed by atoms with Crippen LogP contribution in [0.2, 0.25) is 0 Å². The van der Waals surface area contributed by atoms with Gasteiger partial charge < -0.3 is 4.90 Å². The zero-order valence-electron chi connectivity index (χ0n) is 10.4. The van der Waals surface area contributed by atoms with Crippen LogP contribution in [0.4, 0.5) is 9.80 Å². The topological polar surface area (TPSA) is 95.5 Å². The molecule has 2 heterocycles. The van der Waals surface area contributed by atoms with Gasteiger partial charge in [-0.05, 0) is 6.92 Å². The zero-order valence-corrected chi connectivity index (χ0v) is 12.1. The van der Waals surface area contributed by atoms with Crippen LogP contribution >= 0.6 is 11.5 Å². The highest BCUT2D eigenvalue weighted by atomic mass is 32.2. The van der Waals surface area contributed by atoms with Gasteiger partial charge in [0, 0.05) is 37.7 Å². The van der Waals surface area contributed by atoms with Gasteiger partial charge in [-0.25, -0.2) is 13.2 Å². The molecule has 0 aliphatic carbocycles. The number of nitrogens with zero attached hydrogens (tertiary/aromatic N) is 4. The van der Waals surface area contributed by atoms with Crippen molar-refractivity contribution in [1.29, 1.82) is 0 Å². The average molecular weight is 305 g/mol. The third-order valence-corrected chi connectivity index (χ3v) is 5.34. The smallest absolute Gasteiger partial charge is 0.322 e. The molecule has 0 atom stereocenters. The molecule has 0 bridgehead atoms. The number of hydrogen-bond donors (Lipinski definition) is 1. The van der Waals surface area contributed by atoms with Crippen LogP contribution in [0.15, 0.2) is 6.20 Å². The molecule has 1 aliphatic heterocycles. The molecular formula is C9H15N5O3S2. The molecular weight excluding hydrogens is 290 g/mol. The van der Waals surface area contributed by atoms with Crippen LogP contribution in [0.1, 0.15) is 6.92 Å². The Morgan fingerprint density at radius 3 is 2.63 bits per heavy atom. The number of sulfonamides is 1. The summed E-state index contributed by atoms with van der Waals surface area (Å²) in [7, 11) is -3.16. The number of carbonyl (C=O) groups excluding carboxylic acids is 1. The first-order valence-electron chi connectivity index (χ1n) is 5.84. The van der Waals surface area contributed by atoms with Crippen molar-refractivity contribution in [2.24, 2.45) is 0 Å². The van der Waals surface area contributed by atoms with Crippen LogP contribution in [-0.2, 0) is 10.0 Å². The molecule has 106 valence electrons. The molecule has 1 saturated heterocycles. The third kappa shape index (κ3) is 3.39. The van der Waals surface area contributed by atoms with Crippen LogP contribution in [0.3, 0.4) is 0 Å². The highest BCUT2D eigenvalue weighted by Crippen LogP contribution is 2.12. The number of aromatic nitrogens is 2. The van der Waals surface area contributed by atoms with E-state index in [-0.39, 0.29) is 11.8 Å². The molecule has 8 nitrogen and oxygen atoms in total. The minimum Gasteiger partial charge on any atom is -0.322 e. The van der Waals surface area contributed by atoms with Gasteiger partial charge in [-0.3, -0.25) is 5.32 Å². The predicted molar refractivity (Wildman–Crippen MR) is 71.5 cm³/mol. The third-order valence-electron chi connectivity index (χ3n) is 2.88. The number of amides is 2. The summed E-state index contributed by atoms with van der Waals surface area (Å²) in [6, 6.07) is -0.250. The minimum absolute atomic E-state index is 0.0890. The van der Waals surface area contributed by atoms with E-state index in [0.29, 0.717) is 31.2 Å². The van der Waals surface area contributed by atoms with Crippen molar-refractivity contribution in [2.75, 3.05) is 37.2 Å². The number of hydrogen-bond acceptors (Lipinski definition) is 6. The molecule has 19 heavy (non-hydrogen) atoms. The Labute approximate surface area is 115 Å². The second-order valence-corrected chi connectivity index (χ2v) is 7.04. The second kappa shape index (κ2) is 5.80. The normalized spacial score (nSPS) is 17.4. The van der Waals surface area contributed by atoms with E-state index in [1.165, 1.54) is 10.5 Å². The van der Waals surface area contributed by atoms with Gasteiger partial charge in [0.05, 0.1) is 11.9 Å². The van der Waals surface area contributed by atoms with Crippen LogP contribution < -0.4 is 5.32 Å². The maximum Gasteiger partial charge on any atom is 0.322 e. The SMILES string of the molecule is CCS(=O)(=O)N1CCN(C(=O)Nc2cnns2)CC1. The fraction of sp³-hybridized carbons (Fsp3) is 0.667. The first kappa shape index (κ1) is 14.2.